The van der Waals surface area contributed by atoms with Crippen LogP contribution in [0.15, 0.2) is 16.2 Å². The minimum atomic E-state index is 0.0236. The van der Waals surface area contributed by atoms with Crippen molar-refractivity contribution >= 4 is 33.8 Å². The lowest BCUT2D eigenvalue weighted by molar-refractivity contribution is 0.191. The van der Waals surface area contributed by atoms with E-state index in [1.807, 2.05) is 11.4 Å². The lowest BCUT2D eigenvalue weighted by atomic mass is 10.2. The number of fused-ring (bicyclic) bond motifs is 1. The topological polar surface area (TPSA) is 47.0 Å². The molecule has 2 aromatic rings. The van der Waals surface area contributed by atoms with Gasteiger partial charge in [-0.1, -0.05) is 0 Å². The van der Waals surface area contributed by atoms with Gasteiger partial charge < -0.3 is 9.72 Å². The first-order chi connectivity index (χ1) is 8.74. The van der Waals surface area contributed by atoms with E-state index in [4.69, 9.17) is 17.0 Å². The van der Waals surface area contributed by atoms with Gasteiger partial charge in [0, 0.05) is 20.3 Å². The van der Waals surface area contributed by atoms with Crippen LogP contribution in [-0.2, 0) is 11.3 Å². The first-order valence-corrected chi connectivity index (χ1v) is 7.22. The predicted molar refractivity (Wildman–Crippen MR) is 77.0 cm³/mol. The fraction of sp³-hybridized carbons (Fsp3) is 0.500. The van der Waals surface area contributed by atoms with Crippen LogP contribution in [0, 0.1) is 4.77 Å². The molecule has 4 nitrogen and oxygen atoms in total. The van der Waals surface area contributed by atoms with Gasteiger partial charge in [0.25, 0.3) is 5.56 Å². The highest BCUT2D eigenvalue weighted by molar-refractivity contribution is 7.71. The van der Waals surface area contributed by atoms with Crippen molar-refractivity contribution in [3.8, 4) is 0 Å². The molecule has 2 aromatic heterocycles. The molecule has 0 unspecified atom stereocenters. The van der Waals surface area contributed by atoms with E-state index in [1.54, 1.807) is 11.7 Å². The highest BCUT2D eigenvalue weighted by atomic mass is 32.1. The lowest BCUT2D eigenvalue weighted by Crippen LogP contribution is -2.21. The number of methoxy groups -OCH3 is 1. The molecule has 0 aromatic carbocycles. The number of nitrogens with zero attached hydrogens (tertiary/aromatic N) is 1. The molecule has 6 heteroatoms. The molecule has 0 atom stereocenters. The third-order valence-electron chi connectivity index (χ3n) is 2.82. The summed E-state index contributed by atoms with van der Waals surface area (Å²) in [5.41, 5.74) is 0.862. The van der Waals surface area contributed by atoms with E-state index in [2.05, 4.69) is 4.98 Å². The van der Waals surface area contributed by atoms with Gasteiger partial charge in [-0.2, -0.15) is 0 Å². The Morgan fingerprint density at radius 2 is 2.28 bits per heavy atom. The van der Waals surface area contributed by atoms with Crippen LogP contribution in [0.25, 0.3) is 10.2 Å². The van der Waals surface area contributed by atoms with Crippen LogP contribution in [0.5, 0.6) is 0 Å². The largest absolute Gasteiger partial charge is 0.385 e. The number of hydrogen-bond donors (Lipinski definition) is 1. The third kappa shape index (κ3) is 2.88. The molecular formula is C12H16N2O2S2. The molecule has 98 valence electrons. The summed E-state index contributed by atoms with van der Waals surface area (Å²) in [6, 6.07) is 1.89. The van der Waals surface area contributed by atoms with Crippen LogP contribution < -0.4 is 5.56 Å². The van der Waals surface area contributed by atoms with Crippen LogP contribution in [0.1, 0.15) is 19.3 Å². The number of H-pyrrole nitrogens is 1. The summed E-state index contributed by atoms with van der Waals surface area (Å²) in [6.45, 7) is 1.44. The fourth-order valence-corrected chi connectivity index (χ4v) is 2.95. The van der Waals surface area contributed by atoms with E-state index in [0.717, 1.165) is 36.1 Å². The monoisotopic (exact) mass is 284 g/mol. The maximum absolute atomic E-state index is 12.2. The van der Waals surface area contributed by atoms with Gasteiger partial charge >= 0.3 is 0 Å². The molecule has 2 heterocycles. The Labute approximate surface area is 114 Å². The lowest BCUT2D eigenvalue weighted by Gasteiger charge is -2.06. The maximum Gasteiger partial charge on any atom is 0.272 e. The number of aromatic nitrogens is 2. The first-order valence-electron chi connectivity index (χ1n) is 5.93. The van der Waals surface area contributed by atoms with Crippen molar-refractivity contribution in [1.82, 2.24) is 9.55 Å². The zero-order valence-corrected chi connectivity index (χ0v) is 11.9. The Bertz CT molecular complexity index is 627. The molecule has 1 N–H and O–H groups in total. The van der Waals surface area contributed by atoms with Crippen molar-refractivity contribution in [1.29, 1.82) is 0 Å². The minimum absolute atomic E-state index is 0.0236. The predicted octanol–water partition coefficient (Wildman–Crippen LogP) is 2.94. The van der Waals surface area contributed by atoms with E-state index in [1.165, 1.54) is 11.3 Å². The minimum Gasteiger partial charge on any atom is -0.385 e. The van der Waals surface area contributed by atoms with Crippen molar-refractivity contribution in [3.05, 3.63) is 26.6 Å². The molecule has 0 spiro atoms. The molecule has 18 heavy (non-hydrogen) atoms. The number of thiophene rings is 1. The van der Waals surface area contributed by atoms with Crippen LogP contribution in [0.4, 0.5) is 0 Å². The fourth-order valence-electron chi connectivity index (χ4n) is 1.87. The summed E-state index contributed by atoms with van der Waals surface area (Å²) in [4.78, 5) is 15.3. The van der Waals surface area contributed by atoms with Gasteiger partial charge in [-0.15, -0.1) is 11.3 Å². The van der Waals surface area contributed by atoms with Crippen molar-refractivity contribution in [2.24, 2.45) is 0 Å². The van der Waals surface area contributed by atoms with Crippen LogP contribution >= 0.6 is 23.6 Å². The second kappa shape index (κ2) is 6.26. The van der Waals surface area contributed by atoms with Crippen LogP contribution in [-0.4, -0.2) is 23.3 Å². The Kier molecular flexibility index (Phi) is 4.68. The summed E-state index contributed by atoms with van der Waals surface area (Å²) in [6.07, 6.45) is 3.00. The zero-order valence-electron chi connectivity index (χ0n) is 10.3. The third-order valence-corrected chi connectivity index (χ3v) is 4.05. The first kappa shape index (κ1) is 13.5. The summed E-state index contributed by atoms with van der Waals surface area (Å²) in [5.74, 6) is 0. The molecule has 0 saturated carbocycles. The molecule has 0 aliphatic carbocycles. The van der Waals surface area contributed by atoms with E-state index < -0.39 is 0 Å². The van der Waals surface area contributed by atoms with E-state index >= 15 is 0 Å². The van der Waals surface area contributed by atoms with Crippen molar-refractivity contribution in [2.45, 2.75) is 25.8 Å². The maximum atomic E-state index is 12.2. The summed E-state index contributed by atoms with van der Waals surface area (Å²) in [5, 5.41) is 1.90. The van der Waals surface area contributed by atoms with E-state index in [9.17, 15) is 4.79 Å². The molecule has 0 aliphatic rings. The number of nitrogens with one attached hydrogen (secondary N) is 1. The number of rotatable bonds is 6. The van der Waals surface area contributed by atoms with Crippen molar-refractivity contribution < 1.29 is 4.74 Å². The molecule has 0 saturated heterocycles. The Balaban J connectivity index is 2.13. The second-order valence-electron chi connectivity index (χ2n) is 4.10. The molecule has 0 fully saturated rings. The van der Waals surface area contributed by atoms with Gasteiger partial charge in [0.2, 0.25) is 0 Å². The zero-order chi connectivity index (χ0) is 13.0. The molecular weight excluding hydrogens is 268 g/mol. The van der Waals surface area contributed by atoms with E-state index in [-0.39, 0.29) is 5.56 Å². The Hall–Kier alpha value is -0.980. The number of hydrogen-bond acceptors (Lipinski definition) is 4. The normalized spacial score (nSPS) is 11.2. The molecule has 0 bridgehead atoms. The van der Waals surface area contributed by atoms with Crippen molar-refractivity contribution in [2.75, 3.05) is 13.7 Å². The molecule has 0 amide bonds. The second-order valence-corrected chi connectivity index (χ2v) is 5.41. The van der Waals surface area contributed by atoms with Crippen LogP contribution in [0.3, 0.4) is 0 Å². The SMILES string of the molecule is COCCCCCn1c(=S)[nH]c2ccsc2c1=O. The summed E-state index contributed by atoms with van der Waals surface area (Å²) >= 11 is 6.67. The van der Waals surface area contributed by atoms with Gasteiger partial charge in [-0.25, -0.2) is 0 Å². The molecule has 2 rings (SSSR count). The standard InChI is InChI=1S/C12H16N2O2S2/c1-16-7-4-2-3-6-14-11(15)10-9(5-8-18-10)13-12(14)17/h5,8H,2-4,6-7H2,1H3,(H,13,17). The van der Waals surface area contributed by atoms with Gasteiger partial charge in [0.05, 0.1) is 5.52 Å². The van der Waals surface area contributed by atoms with Gasteiger partial charge in [-0.3, -0.25) is 9.36 Å². The van der Waals surface area contributed by atoms with Crippen molar-refractivity contribution in [3.63, 3.8) is 0 Å². The van der Waals surface area contributed by atoms with Gasteiger partial charge in [-0.05, 0) is 42.9 Å². The average molecular weight is 284 g/mol. The van der Waals surface area contributed by atoms with Gasteiger partial charge in [0.15, 0.2) is 4.77 Å². The summed E-state index contributed by atoms with van der Waals surface area (Å²) < 4.78 is 7.91. The highest BCUT2D eigenvalue weighted by Gasteiger charge is 2.06. The number of aromatic amines is 1. The van der Waals surface area contributed by atoms with Gasteiger partial charge in [0.1, 0.15) is 4.70 Å². The molecule has 0 aliphatic heterocycles. The smallest absolute Gasteiger partial charge is 0.272 e. The van der Waals surface area contributed by atoms with Crippen LogP contribution in [0.2, 0.25) is 0 Å². The van der Waals surface area contributed by atoms with E-state index in [0.29, 0.717) is 11.3 Å². The molecule has 0 radical (unpaired) electrons. The number of ether oxygens (including phenoxy) is 1. The Morgan fingerprint density at radius 1 is 1.44 bits per heavy atom. The average Bonchev–Trinajstić information content (AvgIpc) is 2.80. The quantitative estimate of drug-likeness (QED) is 0.655. The number of unbranched alkanes of at least 4 members (excludes halogenated alkanes) is 2. The summed E-state index contributed by atoms with van der Waals surface area (Å²) in [7, 11) is 1.70. The Morgan fingerprint density at radius 3 is 3.06 bits per heavy atom. The highest BCUT2D eigenvalue weighted by Crippen LogP contribution is 2.14.